The van der Waals surface area contributed by atoms with E-state index in [1.165, 1.54) is 16.5 Å². The van der Waals surface area contributed by atoms with E-state index in [9.17, 15) is 0 Å². The van der Waals surface area contributed by atoms with Gasteiger partial charge in [-0.3, -0.25) is 9.55 Å². The molecule has 0 unspecified atom stereocenters. The quantitative estimate of drug-likeness (QED) is 0.214. The molecule has 4 heteroatoms. The molecular weight excluding hydrogens is 536 g/mol. The van der Waals surface area contributed by atoms with Crippen molar-refractivity contribution in [3.05, 3.63) is 158 Å². The second-order valence-electron chi connectivity index (χ2n) is 11.1. The Morgan fingerprint density at radius 1 is 0.386 bits per heavy atom. The summed E-state index contributed by atoms with van der Waals surface area (Å²) >= 11 is 0. The van der Waals surface area contributed by atoms with E-state index in [0.717, 1.165) is 61.1 Å². The average Bonchev–Trinajstić information content (AvgIpc) is 3.60. The number of aromatic nitrogens is 4. The van der Waals surface area contributed by atoms with Gasteiger partial charge in [-0.25, -0.2) is 4.98 Å². The molecule has 0 aliphatic rings. The fourth-order valence-electron chi connectivity index (χ4n) is 6.56. The third kappa shape index (κ3) is 3.78. The first-order chi connectivity index (χ1) is 21.8. The number of para-hydroxylation sites is 2. The molecule has 0 amide bonds. The summed E-state index contributed by atoms with van der Waals surface area (Å²) in [4.78, 5) is 10.3. The first-order valence-corrected chi connectivity index (χ1v) is 14.8. The van der Waals surface area contributed by atoms with Crippen LogP contribution in [0.4, 0.5) is 0 Å². The summed E-state index contributed by atoms with van der Waals surface area (Å²) in [6.45, 7) is 0. The molecule has 4 nitrogen and oxygen atoms in total. The van der Waals surface area contributed by atoms with Gasteiger partial charge in [0.2, 0.25) is 0 Å². The SMILES string of the molecule is c1ccc(-c2cc(-c3ccccc3)cc(-n3c4cccnc4c4nc5c(cc43)c3ccccc3n5-c3ccccc3)c2)cc1. The van der Waals surface area contributed by atoms with Gasteiger partial charge >= 0.3 is 0 Å². The molecule has 0 aliphatic carbocycles. The third-order valence-corrected chi connectivity index (χ3v) is 8.53. The smallest absolute Gasteiger partial charge is 0.146 e. The molecule has 9 aromatic rings. The summed E-state index contributed by atoms with van der Waals surface area (Å²) < 4.78 is 4.59. The Balaban J connectivity index is 1.40. The van der Waals surface area contributed by atoms with Crippen LogP contribution in [0, 0.1) is 0 Å². The van der Waals surface area contributed by atoms with Crippen molar-refractivity contribution in [1.82, 2.24) is 19.1 Å². The fourth-order valence-corrected chi connectivity index (χ4v) is 6.56. The molecule has 44 heavy (non-hydrogen) atoms. The summed E-state index contributed by atoms with van der Waals surface area (Å²) in [5.74, 6) is 0. The van der Waals surface area contributed by atoms with Crippen LogP contribution >= 0.6 is 0 Å². The van der Waals surface area contributed by atoms with E-state index in [4.69, 9.17) is 9.97 Å². The molecule has 0 spiro atoms. The van der Waals surface area contributed by atoms with Gasteiger partial charge in [-0.2, -0.15) is 0 Å². The predicted octanol–water partition coefficient (Wildman–Crippen LogP) is 10.0. The van der Waals surface area contributed by atoms with Crippen LogP contribution < -0.4 is 0 Å². The minimum atomic E-state index is 0.888. The highest BCUT2D eigenvalue weighted by molar-refractivity contribution is 6.15. The van der Waals surface area contributed by atoms with Gasteiger partial charge in [0, 0.05) is 28.3 Å². The molecule has 0 saturated carbocycles. The minimum Gasteiger partial charge on any atom is -0.306 e. The maximum Gasteiger partial charge on any atom is 0.146 e. The summed E-state index contributed by atoms with van der Waals surface area (Å²) in [6, 6.07) is 53.5. The summed E-state index contributed by atoms with van der Waals surface area (Å²) in [6.07, 6.45) is 1.86. The maximum absolute atomic E-state index is 5.41. The van der Waals surface area contributed by atoms with Gasteiger partial charge in [0.1, 0.15) is 16.7 Å². The van der Waals surface area contributed by atoms with E-state index in [2.05, 4.69) is 149 Å². The van der Waals surface area contributed by atoms with Crippen LogP contribution in [0.2, 0.25) is 0 Å². The molecule has 9 rings (SSSR count). The molecule has 0 aliphatic heterocycles. The van der Waals surface area contributed by atoms with Crippen LogP contribution in [-0.4, -0.2) is 19.1 Å². The summed E-state index contributed by atoms with van der Waals surface area (Å²) in [5.41, 5.74) is 12.7. The normalized spacial score (nSPS) is 11.6. The van der Waals surface area contributed by atoms with E-state index < -0.39 is 0 Å². The van der Waals surface area contributed by atoms with Crippen molar-refractivity contribution in [2.24, 2.45) is 0 Å². The van der Waals surface area contributed by atoms with E-state index in [1.54, 1.807) is 0 Å². The summed E-state index contributed by atoms with van der Waals surface area (Å²) in [5, 5.41) is 2.29. The fraction of sp³-hybridized carbons (Fsp3) is 0. The number of nitrogens with zero attached hydrogens (tertiary/aromatic N) is 4. The zero-order valence-corrected chi connectivity index (χ0v) is 23.8. The lowest BCUT2D eigenvalue weighted by molar-refractivity contribution is 1.14. The number of benzene rings is 5. The Bertz CT molecular complexity index is 2420. The number of fused-ring (bicyclic) bond motifs is 6. The Hall–Kier alpha value is -6.00. The largest absolute Gasteiger partial charge is 0.306 e. The summed E-state index contributed by atoms with van der Waals surface area (Å²) in [7, 11) is 0. The van der Waals surface area contributed by atoms with Crippen molar-refractivity contribution < 1.29 is 0 Å². The molecule has 0 saturated heterocycles. The number of hydrogen-bond donors (Lipinski definition) is 0. The monoisotopic (exact) mass is 562 g/mol. The number of rotatable bonds is 4. The zero-order valence-electron chi connectivity index (χ0n) is 23.8. The average molecular weight is 563 g/mol. The van der Waals surface area contributed by atoms with Gasteiger partial charge in [-0.1, -0.05) is 97.1 Å². The lowest BCUT2D eigenvalue weighted by atomic mass is 9.98. The van der Waals surface area contributed by atoms with Crippen LogP contribution in [-0.2, 0) is 0 Å². The van der Waals surface area contributed by atoms with Crippen molar-refractivity contribution in [3.8, 4) is 33.6 Å². The van der Waals surface area contributed by atoms with E-state index in [0.29, 0.717) is 0 Å². The van der Waals surface area contributed by atoms with Gasteiger partial charge in [0.25, 0.3) is 0 Å². The first-order valence-electron chi connectivity index (χ1n) is 14.8. The predicted molar refractivity (Wildman–Crippen MR) is 182 cm³/mol. The second kappa shape index (κ2) is 9.79. The van der Waals surface area contributed by atoms with E-state index in [-0.39, 0.29) is 0 Å². The van der Waals surface area contributed by atoms with Crippen molar-refractivity contribution >= 4 is 44.0 Å². The first kappa shape index (κ1) is 24.6. The molecule has 0 atom stereocenters. The van der Waals surface area contributed by atoms with Crippen molar-refractivity contribution in [2.75, 3.05) is 0 Å². The van der Waals surface area contributed by atoms with Gasteiger partial charge in [0.05, 0.1) is 16.6 Å². The number of pyridine rings is 2. The molecule has 5 aromatic carbocycles. The standard InChI is InChI=1S/C40H26N4/c1-4-13-27(14-5-1)29-23-30(28-15-6-2-7-16-28)25-32(24-29)43-36-21-12-22-41-38(36)39-37(43)26-34-33-19-10-11-20-35(33)44(40(34)42-39)31-17-8-3-9-18-31/h1-26H. The number of hydrogen-bond acceptors (Lipinski definition) is 2. The second-order valence-corrected chi connectivity index (χ2v) is 11.1. The van der Waals surface area contributed by atoms with E-state index >= 15 is 0 Å². The highest BCUT2D eigenvalue weighted by atomic mass is 15.1. The Labute approximate surface area is 254 Å². The molecule has 0 fully saturated rings. The zero-order chi connectivity index (χ0) is 29.0. The minimum absolute atomic E-state index is 0.888. The molecule has 0 radical (unpaired) electrons. The molecule has 0 N–H and O–H groups in total. The van der Waals surface area contributed by atoms with E-state index in [1.807, 2.05) is 18.3 Å². The van der Waals surface area contributed by atoms with Gasteiger partial charge in [-0.15, -0.1) is 0 Å². The van der Waals surface area contributed by atoms with Crippen LogP contribution in [0.15, 0.2) is 158 Å². The van der Waals surface area contributed by atoms with Crippen molar-refractivity contribution in [3.63, 3.8) is 0 Å². The van der Waals surface area contributed by atoms with Crippen LogP contribution in [0.25, 0.3) is 77.6 Å². The van der Waals surface area contributed by atoms with Gasteiger partial charge in [-0.05, 0) is 76.9 Å². The molecule has 0 bridgehead atoms. The molecule has 206 valence electrons. The van der Waals surface area contributed by atoms with Crippen molar-refractivity contribution in [2.45, 2.75) is 0 Å². The topological polar surface area (TPSA) is 35.6 Å². The van der Waals surface area contributed by atoms with Crippen LogP contribution in [0.3, 0.4) is 0 Å². The Kier molecular flexibility index (Phi) is 5.47. The maximum atomic E-state index is 5.41. The lowest BCUT2D eigenvalue weighted by Gasteiger charge is -2.14. The third-order valence-electron chi connectivity index (χ3n) is 8.53. The Morgan fingerprint density at radius 3 is 1.70 bits per heavy atom. The molecule has 4 aromatic heterocycles. The van der Waals surface area contributed by atoms with Crippen molar-refractivity contribution in [1.29, 1.82) is 0 Å². The van der Waals surface area contributed by atoms with Crippen LogP contribution in [0.5, 0.6) is 0 Å². The molecular formula is C40H26N4. The lowest BCUT2D eigenvalue weighted by Crippen LogP contribution is -1.97. The Morgan fingerprint density at radius 2 is 1.00 bits per heavy atom. The highest BCUT2D eigenvalue weighted by Crippen LogP contribution is 2.38. The molecule has 4 heterocycles. The van der Waals surface area contributed by atoms with Gasteiger partial charge < -0.3 is 4.57 Å². The van der Waals surface area contributed by atoms with Gasteiger partial charge in [0.15, 0.2) is 0 Å². The highest BCUT2D eigenvalue weighted by Gasteiger charge is 2.21. The van der Waals surface area contributed by atoms with Crippen LogP contribution in [0.1, 0.15) is 0 Å².